The fraction of sp³-hybridized carbons (Fsp3) is 0.600. The lowest BCUT2D eigenvalue weighted by atomic mass is 9.95. The van der Waals surface area contributed by atoms with Gasteiger partial charge in [-0.25, -0.2) is 0 Å². The highest BCUT2D eigenvalue weighted by Gasteiger charge is 2.32. The Bertz CT molecular complexity index is 371. The number of rotatable bonds is 4. The lowest BCUT2D eigenvalue weighted by molar-refractivity contribution is 0.0378. The van der Waals surface area contributed by atoms with Gasteiger partial charge in [-0.05, 0) is 36.2 Å². The molecule has 84 valence electrons. The third kappa shape index (κ3) is 2.29. The Morgan fingerprint density at radius 2 is 2.27 bits per heavy atom. The van der Waals surface area contributed by atoms with Crippen LogP contribution < -0.4 is 0 Å². The molecule has 1 unspecified atom stereocenters. The smallest absolute Gasteiger partial charge is 0.213 e. The minimum Gasteiger partial charge on any atom is -0.382 e. The van der Waals surface area contributed by atoms with E-state index in [2.05, 4.69) is 21.0 Å². The normalized spacial score (nSPS) is 15.0. The number of hydrogen-bond acceptors (Lipinski definition) is 3. The van der Waals surface area contributed by atoms with Crippen molar-refractivity contribution in [1.82, 2.24) is 9.78 Å². The summed E-state index contributed by atoms with van der Waals surface area (Å²) in [5.74, 6) is -0.295. The van der Waals surface area contributed by atoms with Gasteiger partial charge in [0.25, 0.3) is 0 Å². The number of carbonyl (C=O) groups excluding carboxylic acids is 1. The molecule has 1 N–H and O–H groups in total. The number of aryl methyl sites for hydroxylation is 1. The molecule has 0 aromatic carbocycles. The highest BCUT2D eigenvalue weighted by atomic mass is 79.9. The summed E-state index contributed by atoms with van der Waals surface area (Å²) in [5.41, 5.74) is -0.889. The van der Waals surface area contributed by atoms with E-state index >= 15 is 0 Å². The van der Waals surface area contributed by atoms with Crippen molar-refractivity contribution in [3.8, 4) is 0 Å². The summed E-state index contributed by atoms with van der Waals surface area (Å²) in [7, 11) is 0. The Morgan fingerprint density at radius 1 is 1.67 bits per heavy atom. The van der Waals surface area contributed by atoms with Gasteiger partial charge in [-0.1, -0.05) is 6.92 Å². The van der Waals surface area contributed by atoms with Crippen molar-refractivity contribution in [1.29, 1.82) is 0 Å². The van der Waals surface area contributed by atoms with Gasteiger partial charge < -0.3 is 5.11 Å². The van der Waals surface area contributed by atoms with Gasteiger partial charge in [-0.15, -0.1) is 0 Å². The maximum Gasteiger partial charge on any atom is 0.213 e. The van der Waals surface area contributed by atoms with Crippen molar-refractivity contribution in [2.75, 3.05) is 0 Å². The zero-order chi connectivity index (χ0) is 11.6. The van der Waals surface area contributed by atoms with E-state index in [1.54, 1.807) is 17.8 Å². The van der Waals surface area contributed by atoms with Gasteiger partial charge in [-0.3, -0.25) is 9.48 Å². The molecule has 4 nitrogen and oxygen atoms in total. The first-order chi connectivity index (χ1) is 6.94. The van der Waals surface area contributed by atoms with Crippen LogP contribution in [0.3, 0.4) is 0 Å². The van der Waals surface area contributed by atoms with E-state index in [4.69, 9.17) is 0 Å². The third-order valence-electron chi connectivity index (χ3n) is 2.49. The fourth-order valence-electron chi connectivity index (χ4n) is 1.24. The summed E-state index contributed by atoms with van der Waals surface area (Å²) < 4.78 is 2.21. The SMILES string of the molecule is CCn1ncc(Br)c1C(=O)C(C)(O)CC. The molecule has 1 aromatic heterocycles. The monoisotopic (exact) mass is 274 g/mol. The van der Waals surface area contributed by atoms with E-state index < -0.39 is 5.60 Å². The second-order valence-electron chi connectivity index (χ2n) is 3.61. The van der Waals surface area contributed by atoms with Gasteiger partial charge in [0.15, 0.2) is 0 Å². The molecule has 0 fully saturated rings. The number of hydrogen-bond donors (Lipinski definition) is 1. The number of aliphatic hydroxyl groups is 1. The van der Waals surface area contributed by atoms with Crippen molar-refractivity contribution in [3.63, 3.8) is 0 Å². The summed E-state index contributed by atoms with van der Waals surface area (Å²) in [6.07, 6.45) is 1.95. The molecule has 0 spiro atoms. The van der Waals surface area contributed by atoms with E-state index in [1.165, 1.54) is 6.92 Å². The van der Waals surface area contributed by atoms with Crippen LogP contribution in [-0.4, -0.2) is 26.3 Å². The lowest BCUT2D eigenvalue weighted by Gasteiger charge is -2.20. The molecule has 0 aliphatic rings. The highest BCUT2D eigenvalue weighted by Crippen LogP contribution is 2.23. The van der Waals surface area contributed by atoms with Gasteiger partial charge in [0, 0.05) is 6.54 Å². The predicted molar refractivity (Wildman–Crippen MR) is 60.8 cm³/mol. The maximum absolute atomic E-state index is 12.0. The Hall–Kier alpha value is -0.680. The van der Waals surface area contributed by atoms with Gasteiger partial charge in [0.1, 0.15) is 11.3 Å². The first-order valence-corrected chi connectivity index (χ1v) is 5.71. The van der Waals surface area contributed by atoms with Crippen molar-refractivity contribution < 1.29 is 9.90 Å². The minimum atomic E-state index is -1.32. The average Bonchev–Trinajstić information content (AvgIpc) is 2.58. The standard InChI is InChI=1S/C10H15BrN2O2/c1-4-10(3,15)9(14)8-7(11)6-12-13(8)5-2/h6,15H,4-5H2,1-3H3. The van der Waals surface area contributed by atoms with E-state index in [9.17, 15) is 9.90 Å². The molecule has 15 heavy (non-hydrogen) atoms. The molecule has 1 rings (SSSR count). The van der Waals surface area contributed by atoms with Crippen molar-refractivity contribution in [2.45, 2.75) is 39.3 Å². The number of ketones is 1. The topological polar surface area (TPSA) is 55.1 Å². The second kappa shape index (κ2) is 4.45. The quantitative estimate of drug-likeness (QED) is 0.855. The summed E-state index contributed by atoms with van der Waals surface area (Å²) in [5, 5.41) is 13.9. The molecule has 0 saturated heterocycles. The van der Waals surface area contributed by atoms with E-state index in [0.717, 1.165) is 0 Å². The molecule has 0 bridgehead atoms. The number of aromatic nitrogens is 2. The van der Waals surface area contributed by atoms with E-state index in [1.807, 2.05) is 6.92 Å². The van der Waals surface area contributed by atoms with Crippen LogP contribution in [0, 0.1) is 0 Å². The average molecular weight is 275 g/mol. The minimum absolute atomic E-state index is 0.295. The third-order valence-corrected chi connectivity index (χ3v) is 3.07. The number of Topliss-reactive ketones (excluding diaryl/α,β-unsaturated/α-hetero) is 1. The highest BCUT2D eigenvalue weighted by molar-refractivity contribution is 9.10. The molecule has 0 aliphatic carbocycles. The zero-order valence-corrected chi connectivity index (χ0v) is 10.7. The van der Waals surface area contributed by atoms with Crippen molar-refractivity contribution in [3.05, 3.63) is 16.4 Å². The summed E-state index contributed by atoms with van der Waals surface area (Å²) in [6, 6.07) is 0. The van der Waals surface area contributed by atoms with Crippen LogP contribution in [0.4, 0.5) is 0 Å². The summed E-state index contributed by atoms with van der Waals surface area (Å²) >= 11 is 3.26. The number of nitrogens with zero attached hydrogens (tertiary/aromatic N) is 2. The van der Waals surface area contributed by atoms with Gasteiger partial charge in [0.2, 0.25) is 5.78 Å². The first kappa shape index (κ1) is 12.4. The molecule has 5 heteroatoms. The molecule has 0 radical (unpaired) electrons. The lowest BCUT2D eigenvalue weighted by Crippen LogP contribution is -2.36. The first-order valence-electron chi connectivity index (χ1n) is 4.92. The van der Waals surface area contributed by atoms with Crippen LogP contribution >= 0.6 is 15.9 Å². The number of halogens is 1. The molecule has 0 amide bonds. The van der Waals surface area contributed by atoms with Crippen LogP contribution in [-0.2, 0) is 6.54 Å². The Labute approximate surface area is 97.4 Å². The summed E-state index contributed by atoms with van der Waals surface area (Å²) in [6.45, 7) is 5.80. The Balaban J connectivity index is 3.16. The molecule has 1 heterocycles. The molecule has 0 aliphatic heterocycles. The van der Waals surface area contributed by atoms with Crippen LogP contribution in [0.5, 0.6) is 0 Å². The van der Waals surface area contributed by atoms with E-state index in [-0.39, 0.29) is 5.78 Å². The van der Waals surface area contributed by atoms with Crippen LogP contribution in [0.25, 0.3) is 0 Å². The van der Waals surface area contributed by atoms with Crippen molar-refractivity contribution in [2.24, 2.45) is 0 Å². The van der Waals surface area contributed by atoms with Crippen LogP contribution in [0.2, 0.25) is 0 Å². The predicted octanol–water partition coefficient (Wildman–Crippen LogP) is 2.01. The van der Waals surface area contributed by atoms with Gasteiger partial charge in [0.05, 0.1) is 10.7 Å². The van der Waals surface area contributed by atoms with E-state index in [0.29, 0.717) is 23.1 Å². The molecular weight excluding hydrogens is 260 g/mol. The van der Waals surface area contributed by atoms with Crippen LogP contribution in [0.1, 0.15) is 37.7 Å². The molecule has 1 atom stereocenters. The molecular formula is C10H15BrN2O2. The maximum atomic E-state index is 12.0. The van der Waals surface area contributed by atoms with Gasteiger partial charge >= 0.3 is 0 Å². The Morgan fingerprint density at radius 3 is 2.73 bits per heavy atom. The summed E-state index contributed by atoms with van der Waals surface area (Å²) in [4.78, 5) is 12.0. The van der Waals surface area contributed by atoms with Gasteiger partial charge in [-0.2, -0.15) is 5.10 Å². The molecule has 1 aromatic rings. The van der Waals surface area contributed by atoms with Crippen LogP contribution in [0.15, 0.2) is 10.7 Å². The number of carbonyl (C=O) groups is 1. The van der Waals surface area contributed by atoms with Crippen molar-refractivity contribution >= 4 is 21.7 Å². The largest absolute Gasteiger partial charge is 0.382 e. The Kier molecular flexibility index (Phi) is 3.67. The molecule has 0 saturated carbocycles. The zero-order valence-electron chi connectivity index (χ0n) is 9.12. The fourth-order valence-corrected chi connectivity index (χ4v) is 1.72. The second-order valence-corrected chi connectivity index (χ2v) is 4.47.